The number of fused-ring (bicyclic) bond motifs is 2. The first-order chi connectivity index (χ1) is 17.9. The number of allylic oxidation sites excluding steroid dienone is 1. The number of carbonyl (C=O) groups is 1. The predicted octanol–water partition coefficient (Wildman–Crippen LogP) is 4.66. The number of benzene rings is 3. The molecule has 188 valence electrons. The van der Waals surface area contributed by atoms with Gasteiger partial charge in [0.2, 0.25) is 0 Å². The van der Waals surface area contributed by atoms with Crippen LogP contribution in [-0.4, -0.2) is 23.8 Å². The van der Waals surface area contributed by atoms with Gasteiger partial charge in [-0.3, -0.25) is 9.36 Å². The van der Waals surface area contributed by atoms with Crippen LogP contribution >= 0.6 is 11.3 Å². The maximum absolute atomic E-state index is 14.0. The number of aryl methyl sites for hydroxylation is 1. The molecule has 0 unspecified atom stereocenters. The lowest BCUT2D eigenvalue weighted by molar-refractivity contribution is -0.139. The molecule has 0 spiro atoms. The van der Waals surface area contributed by atoms with Crippen LogP contribution in [0.15, 0.2) is 81.7 Å². The summed E-state index contributed by atoms with van der Waals surface area (Å²) < 4.78 is 13.4. The van der Waals surface area contributed by atoms with Crippen LogP contribution < -0.4 is 19.6 Å². The number of nitrogens with zero attached hydrogens (tertiary/aromatic N) is 2. The van der Waals surface area contributed by atoms with E-state index >= 15 is 0 Å². The minimum Gasteiger partial charge on any atom is -0.493 e. The first-order valence-corrected chi connectivity index (χ1v) is 13.1. The van der Waals surface area contributed by atoms with Crippen molar-refractivity contribution in [3.63, 3.8) is 0 Å². The van der Waals surface area contributed by atoms with Crippen LogP contribution in [0.5, 0.6) is 5.75 Å². The van der Waals surface area contributed by atoms with Gasteiger partial charge in [0.05, 0.1) is 35.1 Å². The second-order valence-corrected chi connectivity index (χ2v) is 9.85. The number of ether oxygens (including phenoxy) is 2. The summed E-state index contributed by atoms with van der Waals surface area (Å²) in [6.07, 6.45) is 1.88. The number of carbonyl (C=O) groups excluding carboxylic acids is 1. The summed E-state index contributed by atoms with van der Waals surface area (Å²) in [5, 5.41) is 2.06. The normalized spacial score (nSPS) is 15.5. The Morgan fingerprint density at radius 2 is 1.78 bits per heavy atom. The first kappa shape index (κ1) is 24.7. The van der Waals surface area contributed by atoms with E-state index in [1.165, 1.54) is 11.3 Å². The zero-order valence-corrected chi connectivity index (χ0v) is 22.1. The van der Waals surface area contributed by atoms with E-state index in [9.17, 15) is 9.59 Å². The minimum absolute atomic E-state index is 0.209. The molecule has 3 aromatic carbocycles. The molecule has 2 heterocycles. The molecule has 1 atom stereocenters. The fourth-order valence-corrected chi connectivity index (χ4v) is 5.72. The van der Waals surface area contributed by atoms with Gasteiger partial charge < -0.3 is 9.47 Å². The number of esters is 1. The smallest absolute Gasteiger partial charge is 0.338 e. The van der Waals surface area contributed by atoms with Gasteiger partial charge in [-0.2, -0.15) is 0 Å². The van der Waals surface area contributed by atoms with Gasteiger partial charge in [0.25, 0.3) is 5.56 Å². The van der Waals surface area contributed by atoms with Crippen molar-refractivity contribution in [2.45, 2.75) is 33.7 Å². The summed E-state index contributed by atoms with van der Waals surface area (Å²) in [6.45, 7) is 8.25. The highest BCUT2D eigenvalue weighted by Crippen LogP contribution is 2.31. The van der Waals surface area contributed by atoms with Crippen LogP contribution in [0.25, 0.3) is 16.8 Å². The van der Waals surface area contributed by atoms with Gasteiger partial charge in [-0.05, 0) is 56.2 Å². The van der Waals surface area contributed by atoms with Gasteiger partial charge in [-0.15, -0.1) is 0 Å². The van der Waals surface area contributed by atoms with E-state index in [-0.39, 0.29) is 12.2 Å². The van der Waals surface area contributed by atoms with E-state index in [4.69, 9.17) is 9.47 Å². The molecule has 0 aliphatic carbocycles. The van der Waals surface area contributed by atoms with Crippen LogP contribution in [0.2, 0.25) is 0 Å². The Hall–Kier alpha value is -3.97. The largest absolute Gasteiger partial charge is 0.493 e. The predicted molar refractivity (Wildman–Crippen MR) is 147 cm³/mol. The maximum Gasteiger partial charge on any atom is 0.338 e. The zero-order valence-electron chi connectivity index (χ0n) is 21.3. The van der Waals surface area contributed by atoms with Gasteiger partial charge in [0.15, 0.2) is 4.80 Å². The molecule has 0 radical (unpaired) electrons. The van der Waals surface area contributed by atoms with Crippen LogP contribution in [-0.2, 0) is 9.53 Å². The highest BCUT2D eigenvalue weighted by molar-refractivity contribution is 7.07. The maximum atomic E-state index is 14.0. The summed E-state index contributed by atoms with van der Waals surface area (Å²) in [5.74, 6) is 0.252. The Morgan fingerprint density at radius 3 is 2.51 bits per heavy atom. The van der Waals surface area contributed by atoms with E-state index < -0.39 is 12.0 Å². The fourth-order valence-electron chi connectivity index (χ4n) is 4.69. The molecule has 1 aromatic heterocycles. The van der Waals surface area contributed by atoms with Crippen molar-refractivity contribution < 1.29 is 14.3 Å². The third kappa shape index (κ3) is 4.51. The molecule has 5 rings (SSSR count). The number of thiazole rings is 1. The molecule has 7 heteroatoms. The quantitative estimate of drug-likeness (QED) is 0.353. The fraction of sp³-hybridized carbons (Fsp3) is 0.233. The van der Waals surface area contributed by atoms with Gasteiger partial charge in [0.1, 0.15) is 5.75 Å². The highest BCUT2D eigenvalue weighted by atomic mass is 32.1. The van der Waals surface area contributed by atoms with Crippen molar-refractivity contribution >= 4 is 34.2 Å². The average molecular weight is 513 g/mol. The van der Waals surface area contributed by atoms with Gasteiger partial charge >= 0.3 is 5.97 Å². The van der Waals surface area contributed by atoms with Gasteiger partial charge in [-0.1, -0.05) is 71.5 Å². The second kappa shape index (κ2) is 10.2. The number of rotatable bonds is 6. The van der Waals surface area contributed by atoms with E-state index in [2.05, 4.69) is 4.99 Å². The number of aromatic nitrogens is 1. The summed E-state index contributed by atoms with van der Waals surface area (Å²) in [7, 11) is 0. The molecule has 0 saturated carbocycles. The monoisotopic (exact) mass is 512 g/mol. The Balaban J connectivity index is 1.77. The molecule has 0 saturated heterocycles. The Bertz CT molecular complexity index is 1710. The van der Waals surface area contributed by atoms with Crippen LogP contribution in [0.1, 0.15) is 43.5 Å². The average Bonchev–Trinajstić information content (AvgIpc) is 3.19. The zero-order chi connectivity index (χ0) is 26.1. The molecule has 0 fully saturated rings. The lowest BCUT2D eigenvalue weighted by Gasteiger charge is -2.24. The number of hydrogen-bond acceptors (Lipinski definition) is 6. The topological polar surface area (TPSA) is 69.9 Å². The SMILES string of the molecule is CCOC(=O)C1=C(C)N=c2s/c(=C\c3c(OCC)ccc4ccccc34)c(=O)n2[C@H]1c1ccc(C)cc1. The molecular formula is C30H28N2O4S. The molecule has 1 aliphatic heterocycles. The molecular weight excluding hydrogens is 484 g/mol. The molecule has 0 bridgehead atoms. The van der Waals surface area contributed by atoms with Crippen molar-refractivity contribution in [2.75, 3.05) is 13.2 Å². The van der Waals surface area contributed by atoms with Crippen molar-refractivity contribution in [1.82, 2.24) is 4.57 Å². The minimum atomic E-state index is -0.628. The standard InChI is InChI=1S/C30H28N2O4S/c1-5-35-24-16-15-20-9-7-8-10-22(20)23(24)17-25-28(33)32-27(21-13-11-18(3)12-14-21)26(29(34)36-6-2)19(4)31-30(32)37-25/h7-17,27H,5-6H2,1-4H3/b25-17-/t27-/m0/s1. The highest BCUT2D eigenvalue weighted by Gasteiger charge is 2.33. The summed E-state index contributed by atoms with van der Waals surface area (Å²) in [5.41, 5.74) is 3.49. The van der Waals surface area contributed by atoms with Crippen molar-refractivity contribution in [3.8, 4) is 5.75 Å². The van der Waals surface area contributed by atoms with E-state index in [0.29, 0.717) is 33.0 Å². The summed E-state index contributed by atoms with van der Waals surface area (Å²) in [4.78, 5) is 32.3. The third-order valence-electron chi connectivity index (χ3n) is 6.42. The van der Waals surface area contributed by atoms with Crippen molar-refractivity contribution in [2.24, 2.45) is 4.99 Å². The lowest BCUT2D eigenvalue weighted by atomic mass is 9.95. The van der Waals surface area contributed by atoms with Crippen LogP contribution in [0, 0.1) is 6.92 Å². The molecule has 1 aliphatic rings. The molecule has 37 heavy (non-hydrogen) atoms. The Labute approximate surface area is 218 Å². The number of hydrogen-bond donors (Lipinski definition) is 0. The molecule has 0 amide bonds. The van der Waals surface area contributed by atoms with Crippen molar-refractivity contribution in [1.29, 1.82) is 0 Å². The third-order valence-corrected chi connectivity index (χ3v) is 7.40. The molecule has 4 aromatic rings. The van der Waals surface area contributed by atoms with Crippen LogP contribution in [0.3, 0.4) is 0 Å². The van der Waals surface area contributed by atoms with Gasteiger partial charge in [-0.25, -0.2) is 9.79 Å². The Morgan fingerprint density at radius 1 is 1.03 bits per heavy atom. The van der Waals surface area contributed by atoms with Crippen LogP contribution in [0.4, 0.5) is 0 Å². The Kier molecular flexibility index (Phi) is 6.80. The lowest BCUT2D eigenvalue weighted by Crippen LogP contribution is -2.39. The van der Waals surface area contributed by atoms with E-state index in [1.807, 2.05) is 80.6 Å². The van der Waals surface area contributed by atoms with Crippen molar-refractivity contribution in [3.05, 3.63) is 108 Å². The second-order valence-electron chi connectivity index (χ2n) is 8.84. The van der Waals surface area contributed by atoms with E-state index in [0.717, 1.165) is 27.5 Å². The first-order valence-electron chi connectivity index (χ1n) is 12.3. The summed E-state index contributed by atoms with van der Waals surface area (Å²) in [6, 6.07) is 19.2. The van der Waals surface area contributed by atoms with E-state index in [1.54, 1.807) is 18.4 Å². The van der Waals surface area contributed by atoms with Gasteiger partial charge in [0, 0.05) is 5.56 Å². The molecule has 6 nitrogen and oxygen atoms in total. The summed E-state index contributed by atoms with van der Waals surface area (Å²) >= 11 is 1.31. The molecule has 0 N–H and O–H groups in total.